The van der Waals surface area contributed by atoms with Crippen LogP contribution in [0.4, 0.5) is 5.69 Å². The van der Waals surface area contributed by atoms with Gasteiger partial charge in [-0.3, -0.25) is 4.79 Å². The minimum absolute atomic E-state index is 0.0698. The number of phenolic OH excluding ortho intramolecular Hbond substituents is 1. The highest BCUT2D eigenvalue weighted by Gasteiger charge is 2.17. The predicted molar refractivity (Wildman–Crippen MR) is 79.1 cm³/mol. The predicted octanol–water partition coefficient (Wildman–Crippen LogP) is 3.96. The molecule has 2 aromatic carbocycles. The number of benzene rings is 2. The van der Waals surface area contributed by atoms with Crippen LogP contribution in [0.1, 0.15) is 10.4 Å². The van der Waals surface area contributed by atoms with Gasteiger partial charge in [-0.25, -0.2) is 0 Å². The van der Waals surface area contributed by atoms with E-state index in [4.69, 9.17) is 27.9 Å². The maximum Gasteiger partial charge on any atom is 0.259 e. The van der Waals surface area contributed by atoms with Crippen molar-refractivity contribution in [1.82, 2.24) is 0 Å². The summed E-state index contributed by atoms with van der Waals surface area (Å²) in [6.07, 6.45) is 0. The Morgan fingerprint density at radius 3 is 2.35 bits per heavy atom. The van der Waals surface area contributed by atoms with Gasteiger partial charge in [0, 0.05) is 0 Å². The fourth-order valence-corrected chi connectivity index (χ4v) is 2.16. The van der Waals surface area contributed by atoms with Crippen LogP contribution in [0, 0.1) is 0 Å². The van der Waals surface area contributed by atoms with Crippen LogP contribution in [0.25, 0.3) is 0 Å². The molecule has 0 aliphatic carbocycles. The van der Waals surface area contributed by atoms with E-state index in [0.29, 0.717) is 15.7 Å². The molecule has 2 N–H and O–H groups in total. The molecule has 4 nitrogen and oxygen atoms in total. The number of aromatic hydroxyl groups is 1. The van der Waals surface area contributed by atoms with Crippen LogP contribution in [0.5, 0.6) is 11.5 Å². The van der Waals surface area contributed by atoms with Crippen molar-refractivity contribution in [3.05, 3.63) is 52.0 Å². The lowest BCUT2D eigenvalue weighted by molar-refractivity contribution is 0.102. The van der Waals surface area contributed by atoms with Crippen molar-refractivity contribution in [2.24, 2.45) is 0 Å². The summed E-state index contributed by atoms with van der Waals surface area (Å²) in [7, 11) is 1.40. The highest BCUT2D eigenvalue weighted by atomic mass is 35.5. The Hall–Kier alpha value is -1.91. The topological polar surface area (TPSA) is 58.6 Å². The molecule has 0 aliphatic rings. The number of para-hydroxylation sites is 2. The van der Waals surface area contributed by atoms with Crippen LogP contribution < -0.4 is 10.1 Å². The summed E-state index contributed by atoms with van der Waals surface area (Å²) in [6.45, 7) is 0. The zero-order valence-electron chi connectivity index (χ0n) is 10.5. The molecule has 0 aliphatic heterocycles. The normalized spacial score (nSPS) is 10.2. The molecule has 0 saturated heterocycles. The van der Waals surface area contributed by atoms with E-state index < -0.39 is 5.91 Å². The van der Waals surface area contributed by atoms with Crippen molar-refractivity contribution in [1.29, 1.82) is 0 Å². The van der Waals surface area contributed by atoms with E-state index in [9.17, 15) is 9.90 Å². The number of carbonyl (C=O) groups excluding carboxylic acids is 1. The third kappa shape index (κ3) is 2.81. The van der Waals surface area contributed by atoms with Gasteiger partial charge in [-0.1, -0.05) is 35.3 Å². The maximum absolute atomic E-state index is 12.2. The second-order valence-electron chi connectivity index (χ2n) is 3.91. The molecule has 0 aromatic heterocycles. The summed E-state index contributed by atoms with van der Waals surface area (Å²) in [6, 6.07) is 9.50. The average Bonchev–Trinajstić information content (AvgIpc) is 2.43. The molecule has 0 fully saturated rings. The van der Waals surface area contributed by atoms with E-state index in [-0.39, 0.29) is 17.1 Å². The van der Waals surface area contributed by atoms with E-state index in [0.717, 1.165) is 0 Å². The highest BCUT2D eigenvalue weighted by Crippen LogP contribution is 2.33. The molecule has 0 unspecified atom stereocenters. The fraction of sp³-hybridized carbons (Fsp3) is 0.0714. The number of amides is 1. The lowest BCUT2D eigenvalue weighted by atomic mass is 10.1. The van der Waals surface area contributed by atoms with Crippen LogP contribution in [0.15, 0.2) is 36.4 Å². The van der Waals surface area contributed by atoms with Crippen molar-refractivity contribution in [2.75, 3.05) is 12.4 Å². The Kier molecular flexibility index (Phi) is 4.37. The molecule has 0 atom stereocenters. The Morgan fingerprint density at radius 1 is 1.15 bits per heavy atom. The summed E-state index contributed by atoms with van der Waals surface area (Å²) in [5.74, 6) is -0.560. The number of anilines is 1. The van der Waals surface area contributed by atoms with Crippen molar-refractivity contribution in [3.8, 4) is 11.5 Å². The van der Waals surface area contributed by atoms with Gasteiger partial charge in [-0.05, 0) is 24.3 Å². The van der Waals surface area contributed by atoms with Gasteiger partial charge in [-0.15, -0.1) is 0 Å². The summed E-state index contributed by atoms with van der Waals surface area (Å²) < 4.78 is 4.95. The molecule has 20 heavy (non-hydrogen) atoms. The highest BCUT2D eigenvalue weighted by molar-refractivity contribution is 6.40. The number of methoxy groups -OCH3 is 1. The molecule has 104 valence electrons. The summed E-state index contributed by atoms with van der Waals surface area (Å²) in [5.41, 5.74) is 0.364. The maximum atomic E-state index is 12.2. The number of rotatable bonds is 3. The first-order valence-corrected chi connectivity index (χ1v) is 6.41. The van der Waals surface area contributed by atoms with Crippen LogP contribution in [-0.4, -0.2) is 18.1 Å². The average molecular weight is 312 g/mol. The van der Waals surface area contributed by atoms with Gasteiger partial charge in [0.15, 0.2) is 11.5 Å². The van der Waals surface area contributed by atoms with E-state index >= 15 is 0 Å². The molecule has 0 radical (unpaired) electrons. The molecule has 1 amide bonds. The molecule has 6 heteroatoms. The van der Waals surface area contributed by atoms with Crippen molar-refractivity contribution >= 4 is 34.8 Å². The number of hydrogen-bond donors (Lipinski definition) is 2. The van der Waals surface area contributed by atoms with Gasteiger partial charge < -0.3 is 15.2 Å². The number of ether oxygens (including phenoxy) is 1. The van der Waals surface area contributed by atoms with Gasteiger partial charge in [0.1, 0.15) is 0 Å². The van der Waals surface area contributed by atoms with Gasteiger partial charge in [-0.2, -0.15) is 0 Å². The Balaban J connectivity index is 2.34. The Labute approximate surface area is 125 Å². The SMILES string of the molecule is COc1cccc(C(=O)Nc2c(Cl)cccc2Cl)c1O. The van der Waals surface area contributed by atoms with Crippen LogP contribution in [0.2, 0.25) is 10.0 Å². The molecular weight excluding hydrogens is 301 g/mol. The Morgan fingerprint density at radius 2 is 1.75 bits per heavy atom. The number of hydrogen-bond acceptors (Lipinski definition) is 3. The Bertz CT molecular complexity index is 639. The molecule has 2 aromatic rings. The molecule has 0 saturated carbocycles. The zero-order valence-corrected chi connectivity index (χ0v) is 12.0. The van der Waals surface area contributed by atoms with E-state index in [1.807, 2.05) is 0 Å². The van der Waals surface area contributed by atoms with Crippen molar-refractivity contribution in [2.45, 2.75) is 0 Å². The zero-order chi connectivity index (χ0) is 14.7. The molecular formula is C14H11Cl2NO3. The summed E-state index contributed by atoms with van der Waals surface area (Å²) >= 11 is 11.9. The van der Waals surface area contributed by atoms with Gasteiger partial charge >= 0.3 is 0 Å². The third-order valence-electron chi connectivity index (χ3n) is 2.66. The number of halogens is 2. The van der Waals surface area contributed by atoms with Crippen LogP contribution >= 0.6 is 23.2 Å². The second kappa shape index (κ2) is 6.03. The summed E-state index contributed by atoms with van der Waals surface area (Å²) in [4.78, 5) is 12.2. The first-order valence-electron chi connectivity index (χ1n) is 5.66. The van der Waals surface area contributed by atoms with Gasteiger partial charge in [0.25, 0.3) is 5.91 Å². The van der Waals surface area contributed by atoms with Crippen LogP contribution in [0.3, 0.4) is 0 Å². The fourth-order valence-electron chi connectivity index (χ4n) is 1.67. The third-order valence-corrected chi connectivity index (χ3v) is 3.29. The minimum atomic E-state index is -0.531. The minimum Gasteiger partial charge on any atom is -0.504 e. The lowest BCUT2D eigenvalue weighted by Crippen LogP contribution is -2.13. The smallest absolute Gasteiger partial charge is 0.259 e. The molecule has 0 bridgehead atoms. The van der Waals surface area contributed by atoms with Crippen LogP contribution in [-0.2, 0) is 0 Å². The quantitative estimate of drug-likeness (QED) is 0.902. The monoisotopic (exact) mass is 311 g/mol. The lowest BCUT2D eigenvalue weighted by Gasteiger charge is -2.11. The first-order chi connectivity index (χ1) is 9.54. The second-order valence-corrected chi connectivity index (χ2v) is 4.72. The van der Waals surface area contributed by atoms with E-state index in [2.05, 4.69) is 5.32 Å². The van der Waals surface area contributed by atoms with Gasteiger partial charge in [0.2, 0.25) is 0 Å². The van der Waals surface area contributed by atoms with Crippen molar-refractivity contribution in [3.63, 3.8) is 0 Å². The summed E-state index contributed by atoms with van der Waals surface area (Å²) in [5, 5.41) is 13.1. The molecule has 0 spiro atoms. The largest absolute Gasteiger partial charge is 0.504 e. The first kappa shape index (κ1) is 14.5. The number of nitrogens with one attached hydrogen (secondary N) is 1. The molecule has 0 heterocycles. The van der Waals surface area contributed by atoms with Gasteiger partial charge in [0.05, 0.1) is 28.4 Å². The standard InChI is InChI=1S/C14H11Cl2NO3/c1-20-11-7-2-4-8(13(11)18)14(19)17-12-9(15)5-3-6-10(12)16/h2-7,18H,1H3,(H,17,19). The molecule has 2 rings (SSSR count). The van der Waals surface area contributed by atoms with Crippen molar-refractivity contribution < 1.29 is 14.6 Å². The number of carbonyl (C=O) groups is 1. The number of phenols is 1. The van der Waals surface area contributed by atoms with E-state index in [1.54, 1.807) is 30.3 Å². The van der Waals surface area contributed by atoms with E-state index in [1.165, 1.54) is 13.2 Å².